The highest BCUT2D eigenvalue weighted by Crippen LogP contribution is 2.15. The molecule has 1 amide bonds. The average molecular weight is 339 g/mol. The molecule has 1 heterocycles. The van der Waals surface area contributed by atoms with Crippen LogP contribution < -0.4 is 5.32 Å². The first-order chi connectivity index (χ1) is 12.1. The molecule has 1 unspecified atom stereocenters. The van der Waals surface area contributed by atoms with E-state index < -0.39 is 11.9 Å². The van der Waals surface area contributed by atoms with E-state index in [9.17, 15) is 14.3 Å². The van der Waals surface area contributed by atoms with Crippen molar-refractivity contribution in [3.63, 3.8) is 0 Å². The summed E-state index contributed by atoms with van der Waals surface area (Å²) in [4.78, 5) is 12.2. The van der Waals surface area contributed by atoms with Gasteiger partial charge in [-0.1, -0.05) is 48.5 Å². The number of hydrogen-bond acceptors (Lipinski definition) is 3. The molecule has 3 aromatic rings. The van der Waals surface area contributed by atoms with Crippen molar-refractivity contribution in [2.24, 2.45) is 0 Å². The van der Waals surface area contributed by atoms with Gasteiger partial charge in [0.15, 0.2) is 0 Å². The molecule has 0 radical (unpaired) electrons. The molecule has 2 aromatic carbocycles. The molecular weight excluding hydrogens is 321 g/mol. The predicted molar refractivity (Wildman–Crippen MR) is 91.5 cm³/mol. The minimum absolute atomic E-state index is 0.0797. The first kappa shape index (κ1) is 16.9. The van der Waals surface area contributed by atoms with Gasteiger partial charge in [0, 0.05) is 18.3 Å². The van der Waals surface area contributed by atoms with Crippen molar-refractivity contribution in [2.45, 2.75) is 12.6 Å². The Hall–Kier alpha value is -2.99. The van der Waals surface area contributed by atoms with Gasteiger partial charge in [0.2, 0.25) is 0 Å². The molecule has 25 heavy (non-hydrogen) atoms. The Kier molecular flexibility index (Phi) is 5.20. The topological polar surface area (TPSA) is 67.2 Å². The van der Waals surface area contributed by atoms with Crippen LogP contribution in [0, 0.1) is 5.82 Å². The number of nitrogens with zero attached hydrogens (tertiary/aromatic N) is 2. The maximum atomic E-state index is 13.6. The second-order valence-electron chi connectivity index (χ2n) is 5.66. The Morgan fingerprint density at radius 3 is 2.64 bits per heavy atom. The number of aliphatic hydroxyl groups is 1. The van der Waals surface area contributed by atoms with Crippen molar-refractivity contribution in [1.82, 2.24) is 15.1 Å². The van der Waals surface area contributed by atoms with Gasteiger partial charge in [-0.15, -0.1) is 0 Å². The standard InChI is InChI=1S/C19H18FN3O2/c20-17-9-5-4-8-16(17)18(24)11-21-19(25)15-10-22-23(13-15)12-14-6-2-1-3-7-14/h1-10,13,18,24H,11-12H2,(H,21,25). The van der Waals surface area contributed by atoms with Gasteiger partial charge in [0.25, 0.3) is 5.91 Å². The van der Waals surface area contributed by atoms with E-state index in [1.54, 1.807) is 23.0 Å². The summed E-state index contributed by atoms with van der Waals surface area (Å²) in [5.74, 6) is -0.866. The number of benzene rings is 2. The molecule has 1 aromatic heterocycles. The number of carbonyl (C=O) groups excluding carboxylic acids is 1. The zero-order valence-electron chi connectivity index (χ0n) is 13.5. The second-order valence-corrected chi connectivity index (χ2v) is 5.66. The van der Waals surface area contributed by atoms with Crippen LogP contribution >= 0.6 is 0 Å². The van der Waals surface area contributed by atoms with E-state index in [1.165, 1.54) is 18.3 Å². The van der Waals surface area contributed by atoms with E-state index >= 15 is 0 Å². The summed E-state index contributed by atoms with van der Waals surface area (Å²) < 4.78 is 15.3. The number of hydrogen-bond donors (Lipinski definition) is 2. The van der Waals surface area contributed by atoms with Crippen molar-refractivity contribution in [3.05, 3.63) is 89.5 Å². The van der Waals surface area contributed by atoms with Crippen LogP contribution in [0.4, 0.5) is 4.39 Å². The van der Waals surface area contributed by atoms with Crippen LogP contribution in [0.1, 0.15) is 27.6 Å². The van der Waals surface area contributed by atoms with Crippen molar-refractivity contribution in [1.29, 1.82) is 0 Å². The minimum atomic E-state index is -1.11. The molecule has 0 fully saturated rings. The molecule has 128 valence electrons. The summed E-state index contributed by atoms with van der Waals surface area (Å²) in [6.45, 7) is 0.482. The third kappa shape index (κ3) is 4.30. The molecule has 3 rings (SSSR count). The molecule has 0 aliphatic rings. The van der Waals surface area contributed by atoms with Crippen LogP contribution in [0.15, 0.2) is 67.0 Å². The van der Waals surface area contributed by atoms with Crippen molar-refractivity contribution >= 4 is 5.91 Å². The van der Waals surface area contributed by atoms with Crippen LogP contribution in [0.5, 0.6) is 0 Å². The second kappa shape index (κ2) is 7.72. The van der Waals surface area contributed by atoms with Crippen molar-refractivity contribution in [3.8, 4) is 0 Å². The lowest BCUT2D eigenvalue weighted by Crippen LogP contribution is -2.28. The third-order valence-electron chi connectivity index (χ3n) is 3.80. The number of rotatable bonds is 6. The lowest BCUT2D eigenvalue weighted by atomic mass is 10.1. The molecule has 0 aliphatic carbocycles. The van der Waals surface area contributed by atoms with E-state index in [-0.39, 0.29) is 18.0 Å². The summed E-state index contributed by atoms with van der Waals surface area (Å²) in [5, 5.41) is 16.8. The summed E-state index contributed by atoms with van der Waals surface area (Å²) in [6.07, 6.45) is 2.00. The fourth-order valence-corrected chi connectivity index (χ4v) is 2.48. The van der Waals surface area contributed by atoms with Gasteiger partial charge in [-0.3, -0.25) is 9.48 Å². The highest BCUT2D eigenvalue weighted by Gasteiger charge is 2.15. The molecule has 0 bridgehead atoms. The van der Waals surface area contributed by atoms with E-state index in [0.717, 1.165) is 5.56 Å². The summed E-state index contributed by atoms with van der Waals surface area (Å²) in [7, 11) is 0. The predicted octanol–water partition coefficient (Wildman–Crippen LogP) is 2.53. The Bertz CT molecular complexity index is 849. The highest BCUT2D eigenvalue weighted by molar-refractivity contribution is 5.93. The Labute approximate surface area is 144 Å². The van der Waals surface area contributed by atoms with Gasteiger partial charge in [0.05, 0.1) is 24.4 Å². The summed E-state index contributed by atoms with van der Waals surface area (Å²) in [5.41, 5.74) is 1.62. The monoisotopic (exact) mass is 339 g/mol. The molecule has 2 N–H and O–H groups in total. The normalized spacial score (nSPS) is 11.9. The quantitative estimate of drug-likeness (QED) is 0.725. The minimum Gasteiger partial charge on any atom is -0.386 e. The van der Waals surface area contributed by atoms with E-state index in [0.29, 0.717) is 12.1 Å². The zero-order chi connectivity index (χ0) is 17.6. The van der Waals surface area contributed by atoms with Gasteiger partial charge in [-0.05, 0) is 11.6 Å². The van der Waals surface area contributed by atoms with E-state index in [1.807, 2.05) is 30.3 Å². The molecule has 6 heteroatoms. The summed E-state index contributed by atoms with van der Waals surface area (Å²) in [6, 6.07) is 15.7. The van der Waals surface area contributed by atoms with Crippen LogP contribution in [-0.4, -0.2) is 27.3 Å². The fourth-order valence-electron chi connectivity index (χ4n) is 2.48. The molecule has 5 nitrogen and oxygen atoms in total. The van der Waals surface area contributed by atoms with Crippen LogP contribution in [0.25, 0.3) is 0 Å². The Morgan fingerprint density at radius 1 is 1.16 bits per heavy atom. The molecule has 0 aliphatic heterocycles. The zero-order valence-corrected chi connectivity index (χ0v) is 13.5. The highest BCUT2D eigenvalue weighted by atomic mass is 19.1. The van der Waals surface area contributed by atoms with Crippen LogP contribution in [0.3, 0.4) is 0 Å². The lowest BCUT2D eigenvalue weighted by molar-refractivity contribution is 0.0914. The van der Waals surface area contributed by atoms with Gasteiger partial charge in [-0.25, -0.2) is 4.39 Å². The maximum Gasteiger partial charge on any atom is 0.254 e. The molecule has 0 saturated heterocycles. The maximum absolute atomic E-state index is 13.6. The van der Waals surface area contributed by atoms with Crippen LogP contribution in [-0.2, 0) is 6.54 Å². The van der Waals surface area contributed by atoms with Gasteiger partial charge < -0.3 is 10.4 Å². The molecular formula is C19H18FN3O2. The Morgan fingerprint density at radius 2 is 1.88 bits per heavy atom. The SMILES string of the molecule is O=C(NCC(O)c1ccccc1F)c1cnn(Cc2ccccc2)c1. The number of nitrogens with one attached hydrogen (secondary N) is 1. The smallest absolute Gasteiger partial charge is 0.254 e. The molecule has 1 atom stereocenters. The van der Waals surface area contributed by atoms with Gasteiger partial charge >= 0.3 is 0 Å². The number of halogens is 1. The van der Waals surface area contributed by atoms with Crippen molar-refractivity contribution < 1.29 is 14.3 Å². The average Bonchev–Trinajstić information content (AvgIpc) is 3.09. The summed E-state index contributed by atoms with van der Waals surface area (Å²) >= 11 is 0. The fraction of sp³-hybridized carbons (Fsp3) is 0.158. The number of carbonyl (C=O) groups is 1. The molecule has 0 spiro atoms. The Balaban J connectivity index is 1.58. The first-order valence-corrected chi connectivity index (χ1v) is 7.90. The third-order valence-corrected chi connectivity index (χ3v) is 3.80. The van der Waals surface area contributed by atoms with E-state index in [4.69, 9.17) is 0 Å². The van der Waals surface area contributed by atoms with Gasteiger partial charge in [0.1, 0.15) is 5.82 Å². The number of amides is 1. The molecule has 0 saturated carbocycles. The number of aliphatic hydroxyl groups excluding tert-OH is 1. The lowest BCUT2D eigenvalue weighted by Gasteiger charge is -2.12. The van der Waals surface area contributed by atoms with E-state index in [2.05, 4.69) is 10.4 Å². The number of aromatic nitrogens is 2. The van der Waals surface area contributed by atoms with Gasteiger partial charge in [-0.2, -0.15) is 5.10 Å². The van der Waals surface area contributed by atoms with Crippen molar-refractivity contribution in [2.75, 3.05) is 6.54 Å². The first-order valence-electron chi connectivity index (χ1n) is 7.90. The largest absolute Gasteiger partial charge is 0.386 e. The van der Waals surface area contributed by atoms with Crippen LogP contribution in [0.2, 0.25) is 0 Å².